The zero-order valence-corrected chi connectivity index (χ0v) is 14.4. The zero-order valence-electron chi connectivity index (χ0n) is 12.8. The molecule has 0 saturated carbocycles. The van der Waals surface area contributed by atoms with Gasteiger partial charge in [0.05, 0.1) is 6.54 Å². The smallest absolute Gasteiger partial charge is 0.251 e. The molecule has 120 valence electrons. The van der Waals surface area contributed by atoms with Gasteiger partial charge in [0.2, 0.25) is 5.91 Å². The maximum absolute atomic E-state index is 12.0. The van der Waals surface area contributed by atoms with E-state index >= 15 is 0 Å². The summed E-state index contributed by atoms with van der Waals surface area (Å²) in [6.07, 6.45) is 2.42. The maximum Gasteiger partial charge on any atom is 0.251 e. The van der Waals surface area contributed by atoms with Crippen molar-refractivity contribution in [2.24, 2.45) is 0 Å². The third-order valence-corrected chi connectivity index (χ3v) is 3.89. The quantitative estimate of drug-likeness (QED) is 0.842. The van der Waals surface area contributed by atoms with Gasteiger partial charge in [-0.15, -0.1) is 0 Å². The summed E-state index contributed by atoms with van der Waals surface area (Å²) in [6, 6.07) is 12.7. The molecule has 0 radical (unpaired) electrons. The average Bonchev–Trinajstić information content (AvgIpc) is 2.58. The molecule has 1 aromatic heterocycles. The van der Waals surface area contributed by atoms with Crippen molar-refractivity contribution in [2.45, 2.75) is 6.42 Å². The highest BCUT2D eigenvalue weighted by atomic mass is 79.9. The molecule has 2 rings (SSSR count). The fourth-order valence-electron chi connectivity index (χ4n) is 1.95. The largest absolute Gasteiger partial charge is 0.344 e. The van der Waals surface area contributed by atoms with E-state index in [1.807, 2.05) is 18.2 Å². The van der Waals surface area contributed by atoms with Gasteiger partial charge in [0.1, 0.15) is 0 Å². The first-order chi connectivity index (χ1) is 11.1. The number of benzene rings is 1. The normalized spacial score (nSPS) is 10.2. The third kappa shape index (κ3) is 5.49. The molecule has 1 N–H and O–H groups in total. The lowest BCUT2D eigenvalue weighted by Gasteiger charge is -2.17. The van der Waals surface area contributed by atoms with Gasteiger partial charge in [-0.25, -0.2) is 0 Å². The van der Waals surface area contributed by atoms with E-state index in [4.69, 9.17) is 0 Å². The Hall–Kier alpha value is -2.21. The number of likely N-dealkylation sites (N-methyl/N-ethyl adjacent to an activating group) is 1. The molecule has 0 bridgehead atoms. The van der Waals surface area contributed by atoms with Crippen LogP contribution in [0.2, 0.25) is 0 Å². The first kappa shape index (κ1) is 17.1. The lowest BCUT2D eigenvalue weighted by Crippen LogP contribution is -2.39. The lowest BCUT2D eigenvalue weighted by atomic mass is 10.2. The van der Waals surface area contributed by atoms with Crippen LogP contribution in [0, 0.1) is 0 Å². The van der Waals surface area contributed by atoms with Crippen LogP contribution in [0.5, 0.6) is 0 Å². The molecule has 2 amide bonds. The van der Waals surface area contributed by atoms with Crippen molar-refractivity contribution < 1.29 is 9.59 Å². The van der Waals surface area contributed by atoms with E-state index in [1.165, 1.54) is 0 Å². The van der Waals surface area contributed by atoms with Gasteiger partial charge in [0.15, 0.2) is 0 Å². The minimum absolute atomic E-state index is 0.0202. The zero-order chi connectivity index (χ0) is 16.7. The minimum Gasteiger partial charge on any atom is -0.344 e. The molecule has 1 heterocycles. The maximum atomic E-state index is 12.0. The van der Waals surface area contributed by atoms with E-state index in [-0.39, 0.29) is 18.4 Å². The Morgan fingerprint density at radius 3 is 2.57 bits per heavy atom. The molecule has 0 aliphatic carbocycles. The fourth-order valence-corrected chi connectivity index (χ4v) is 2.21. The van der Waals surface area contributed by atoms with Crippen molar-refractivity contribution in [2.75, 3.05) is 20.1 Å². The topological polar surface area (TPSA) is 62.3 Å². The van der Waals surface area contributed by atoms with Crippen LogP contribution < -0.4 is 5.32 Å². The summed E-state index contributed by atoms with van der Waals surface area (Å²) in [7, 11) is 1.72. The van der Waals surface area contributed by atoms with Crippen LogP contribution in [0.4, 0.5) is 0 Å². The first-order valence-electron chi connectivity index (χ1n) is 7.24. The van der Waals surface area contributed by atoms with Crippen LogP contribution in [0.3, 0.4) is 0 Å². The average molecular weight is 376 g/mol. The minimum atomic E-state index is -0.260. The van der Waals surface area contributed by atoms with Gasteiger partial charge in [0, 0.05) is 41.9 Å². The molecule has 0 aliphatic rings. The fraction of sp³-hybridized carbons (Fsp3) is 0.235. The molecule has 0 saturated heterocycles. The van der Waals surface area contributed by atoms with E-state index in [2.05, 4.69) is 26.2 Å². The SMILES string of the molecule is CN(CCc1ccccn1)C(=O)CNC(=O)c1ccc(Br)cc1. The van der Waals surface area contributed by atoms with E-state index in [1.54, 1.807) is 42.4 Å². The van der Waals surface area contributed by atoms with Crippen LogP contribution in [0.15, 0.2) is 53.1 Å². The molecule has 0 atom stereocenters. The van der Waals surface area contributed by atoms with Crippen molar-refractivity contribution in [1.82, 2.24) is 15.2 Å². The van der Waals surface area contributed by atoms with Gasteiger partial charge < -0.3 is 10.2 Å². The number of carbonyl (C=O) groups is 2. The van der Waals surface area contributed by atoms with Gasteiger partial charge >= 0.3 is 0 Å². The Bertz CT molecular complexity index is 659. The Labute approximate surface area is 143 Å². The Morgan fingerprint density at radius 1 is 1.17 bits per heavy atom. The molecular weight excluding hydrogens is 358 g/mol. The van der Waals surface area contributed by atoms with Crippen molar-refractivity contribution in [3.05, 3.63) is 64.4 Å². The Kier molecular flexibility index (Phi) is 6.29. The number of aromatic nitrogens is 1. The van der Waals surface area contributed by atoms with Crippen molar-refractivity contribution >= 4 is 27.7 Å². The number of pyridine rings is 1. The van der Waals surface area contributed by atoms with Crippen LogP contribution in [-0.2, 0) is 11.2 Å². The highest BCUT2D eigenvalue weighted by Crippen LogP contribution is 2.10. The highest BCUT2D eigenvalue weighted by Gasteiger charge is 2.11. The monoisotopic (exact) mass is 375 g/mol. The highest BCUT2D eigenvalue weighted by molar-refractivity contribution is 9.10. The summed E-state index contributed by atoms with van der Waals surface area (Å²) in [6.45, 7) is 0.539. The lowest BCUT2D eigenvalue weighted by molar-refractivity contribution is -0.128. The van der Waals surface area contributed by atoms with Gasteiger partial charge in [-0.2, -0.15) is 0 Å². The summed E-state index contributed by atoms with van der Waals surface area (Å²) < 4.78 is 0.902. The molecule has 0 fully saturated rings. The predicted molar refractivity (Wildman–Crippen MR) is 92.1 cm³/mol. The van der Waals surface area contributed by atoms with E-state index in [0.717, 1.165) is 10.2 Å². The van der Waals surface area contributed by atoms with Crippen LogP contribution in [0.1, 0.15) is 16.1 Å². The van der Waals surface area contributed by atoms with E-state index in [9.17, 15) is 9.59 Å². The number of nitrogens with zero attached hydrogens (tertiary/aromatic N) is 2. The second kappa shape index (κ2) is 8.43. The van der Waals surface area contributed by atoms with E-state index < -0.39 is 0 Å². The molecular formula is C17H18BrN3O2. The van der Waals surface area contributed by atoms with Crippen LogP contribution in [0.25, 0.3) is 0 Å². The molecule has 2 aromatic rings. The molecule has 23 heavy (non-hydrogen) atoms. The number of carbonyl (C=O) groups excluding carboxylic acids is 2. The standard InChI is InChI=1S/C17H18BrN3O2/c1-21(11-9-15-4-2-3-10-19-15)16(22)12-20-17(23)13-5-7-14(18)8-6-13/h2-8,10H,9,11-12H2,1H3,(H,20,23). The number of halogens is 1. The van der Waals surface area contributed by atoms with Crippen LogP contribution in [-0.4, -0.2) is 41.8 Å². The van der Waals surface area contributed by atoms with Gasteiger partial charge in [-0.05, 0) is 36.4 Å². The number of hydrogen-bond donors (Lipinski definition) is 1. The Morgan fingerprint density at radius 2 is 1.91 bits per heavy atom. The molecule has 1 aromatic carbocycles. The summed E-state index contributed by atoms with van der Waals surface area (Å²) in [4.78, 5) is 29.8. The summed E-state index contributed by atoms with van der Waals surface area (Å²) in [5.74, 6) is -0.393. The van der Waals surface area contributed by atoms with Crippen molar-refractivity contribution in [3.8, 4) is 0 Å². The second-order valence-corrected chi connectivity index (χ2v) is 5.99. The molecule has 5 nitrogen and oxygen atoms in total. The summed E-state index contributed by atoms with van der Waals surface area (Å²) in [5.41, 5.74) is 1.46. The number of amides is 2. The molecule has 0 unspecified atom stereocenters. The second-order valence-electron chi connectivity index (χ2n) is 5.08. The van der Waals surface area contributed by atoms with Gasteiger partial charge in [-0.1, -0.05) is 22.0 Å². The molecule has 0 aliphatic heterocycles. The van der Waals surface area contributed by atoms with Crippen LogP contribution >= 0.6 is 15.9 Å². The Balaban J connectivity index is 1.77. The van der Waals surface area contributed by atoms with Crippen molar-refractivity contribution in [3.63, 3.8) is 0 Å². The molecule has 6 heteroatoms. The summed E-state index contributed by atoms with van der Waals surface area (Å²) in [5, 5.41) is 2.64. The summed E-state index contributed by atoms with van der Waals surface area (Å²) >= 11 is 3.31. The number of nitrogens with one attached hydrogen (secondary N) is 1. The first-order valence-corrected chi connectivity index (χ1v) is 8.03. The van der Waals surface area contributed by atoms with Gasteiger partial charge in [0.25, 0.3) is 5.91 Å². The third-order valence-electron chi connectivity index (χ3n) is 3.36. The molecule has 0 spiro atoms. The van der Waals surface area contributed by atoms with Gasteiger partial charge in [-0.3, -0.25) is 14.6 Å². The predicted octanol–water partition coefficient (Wildman–Crippen LogP) is 2.28. The van der Waals surface area contributed by atoms with Crippen molar-refractivity contribution in [1.29, 1.82) is 0 Å². The number of rotatable bonds is 6. The number of hydrogen-bond acceptors (Lipinski definition) is 3. The van der Waals surface area contributed by atoms with E-state index in [0.29, 0.717) is 18.5 Å².